The summed E-state index contributed by atoms with van der Waals surface area (Å²) >= 11 is 0. The topological polar surface area (TPSA) is 52.4 Å². The van der Waals surface area contributed by atoms with Gasteiger partial charge in [-0.25, -0.2) is 13.2 Å². The first-order valence-corrected chi connectivity index (χ1v) is 6.07. The SMILES string of the molecule is COc1ccc(/C=C\c2cc(F)c(F)c(F)c2)c([N+](=O)[O-])c1. The Morgan fingerprint density at radius 2 is 1.73 bits per heavy atom. The van der Waals surface area contributed by atoms with Crippen LogP contribution in [-0.4, -0.2) is 12.0 Å². The molecule has 0 radical (unpaired) electrons. The molecule has 0 fully saturated rings. The van der Waals surface area contributed by atoms with Crippen molar-refractivity contribution in [1.82, 2.24) is 0 Å². The maximum Gasteiger partial charge on any atom is 0.280 e. The van der Waals surface area contributed by atoms with Crippen LogP contribution in [0, 0.1) is 27.6 Å². The molecule has 22 heavy (non-hydrogen) atoms. The summed E-state index contributed by atoms with van der Waals surface area (Å²) < 4.78 is 43.9. The van der Waals surface area contributed by atoms with Gasteiger partial charge in [-0.2, -0.15) is 0 Å². The Balaban J connectivity index is 2.40. The normalized spacial score (nSPS) is 10.9. The molecule has 0 heterocycles. The molecular formula is C15H10F3NO3. The quantitative estimate of drug-likeness (QED) is 0.368. The van der Waals surface area contributed by atoms with Gasteiger partial charge in [0.05, 0.1) is 23.7 Å². The van der Waals surface area contributed by atoms with Crippen molar-refractivity contribution in [3.63, 3.8) is 0 Å². The van der Waals surface area contributed by atoms with Gasteiger partial charge in [-0.1, -0.05) is 6.08 Å². The van der Waals surface area contributed by atoms with E-state index >= 15 is 0 Å². The smallest absolute Gasteiger partial charge is 0.280 e. The molecule has 2 aromatic carbocycles. The number of nitro groups is 1. The molecule has 0 bridgehead atoms. The molecule has 4 nitrogen and oxygen atoms in total. The first kappa shape index (κ1) is 15.6. The summed E-state index contributed by atoms with van der Waals surface area (Å²) in [6.07, 6.45) is 2.56. The maximum atomic E-state index is 13.1. The highest BCUT2D eigenvalue weighted by molar-refractivity contribution is 5.74. The highest BCUT2D eigenvalue weighted by Gasteiger charge is 2.13. The zero-order valence-corrected chi connectivity index (χ0v) is 11.3. The number of hydrogen-bond donors (Lipinski definition) is 0. The minimum absolute atomic E-state index is 0.0431. The molecule has 0 aromatic heterocycles. The van der Waals surface area contributed by atoms with Gasteiger partial charge >= 0.3 is 0 Å². The van der Waals surface area contributed by atoms with Crippen LogP contribution in [0.1, 0.15) is 11.1 Å². The third-order valence-corrected chi connectivity index (χ3v) is 2.90. The number of benzene rings is 2. The van der Waals surface area contributed by atoms with Gasteiger partial charge < -0.3 is 4.74 Å². The molecule has 0 amide bonds. The van der Waals surface area contributed by atoms with Crippen LogP contribution in [0.25, 0.3) is 12.2 Å². The molecule has 0 spiro atoms. The molecule has 0 atom stereocenters. The predicted molar refractivity (Wildman–Crippen MR) is 74.9 cm³/mol. The second-order valence-corrected chi connectivity index (χ2v) is 4.31. The molecule has 0 unspecified atom stereocenters. The van der Waals surface area contributed by atoms with E-state index in [1.54, 1.807) is 0 Å². The molecular weight excluding hydrogens is 299 g/mol. The van der Waals surface area contributed by atoms with Crippen molar-refractivity contribution in [1.29, 1.82) is 0 Å². The van der Waals surface area contributed by atoms with Crippen LogP contribution in [0.15, 0.2) is 30.3 Å². The molecule has 0 aliphatic rings. The van der Waals surface area contributed by atoms with E-state index in [2.05, 4.69) is 0 Å². The molecule has 0 aliphatic heterocycles. The highest BCUT2D eigenvalue weighted by Crippen LogP contribution is 2.26. The summed E-state index contributed by atoms with van der Waals surface area (Å²) in [5.41, 5.74) is 0.0381. The molecule has 114 valence electrons. The van der Waals surface area contributed by atoms with E-state index in [9.17, 15) is 23.3 Å². The van der Waals surface area contributed by atoms with Gasteiger partial charge in [0.15, 0.2) is 17.5 Å². The van der Waals surface area contributed by atoms with Crippen LogP contribution in [0.3, 0.4) is 0 Å². The van der Waals surface area contributed by atoms with E-state index in [4.69, 9.17) is 4.74 Å². The van der Waals surface area contributed by atoms with Crippen molar-refractivity contribution in [2.45, 2.75) is 0 Å². The number of hydrogen-bond acceptors (Lipinski definition) is 3. The Bertz CT molecular complexity index is 737. The maximum absolute atomic E-state index is 13.1. The van der Waals surface area contributed by atoms with E-state index in [1.807, 2.05) is 0 Å². The monoisotopic (exact) mass is 309 g/mol. The molecule has 2 aromatic rings. The first-order chi connectivity index (χ1) is 10.4. The Labute approximate surface area is 123 Å². The first-order valence-electron chi connectivity index (χ1n) is 6.07. The minimum atomic E-state index is -1.56. The molecule has 2 rings (SSSR count). The summed E-state index contributed by atoms with van der Waals surface area (Å²) in [4.78, 5) is 10.4. The summed E-state index contributed by atoms with van der Waals surface area (Å²) in [6.45, 7) is 0. The van der Waals surface area contributed by atoms with Crippen molar-refractivity contribution in [2.75, 3.05) is 7.11 Å². The zero-order chi connectivity index (χ0) is 16.3. The second kappa shape index (κ2) is 6.30. The van der Waals surface area contributed by atoms with Gasteiger partial charge in [-0.05, 0) is 35.9 Å². The van der Waals surface area contributed by atoms with E-state index in [0.29, 0.717) is 5.75 Å². The van der Waals surface area contributed by atoms with Gasteiger partial charge in [-0.15, -0.1) is 0 Å². The fraction of sp³-hybridized carbons (Fsp3) is 0.0667. The summed E-state index contributed by atoms with van der Waals surface area (Å²) in [5, 5.41) is 11.0. The number of halogens is 3. The predicted octanol–water partition coefficient (Wildman–Crippen LogP) is 4.19. The summed E-state index contributed by atoms with van der Waals surface area (Å²) in [7, 11) is 1.37. The second-order valence-electron chi connectivity index (χ2n) is 4.31. The van der Waals surface area contributed by atoms with Gasteiger partial charge in [0.25, 0.3) is 5.69 Å². The van der Waals surface area contributed by atoms with Gasteiger partial charge in [0, 0.05) is 0 Å². The lowest BCUT2D eigenvalue weighted by Gasteiger charge is -2.02. The van der Waals surface area contributed by atoms with Gasteiger partial charge in [-0.3, -0.25) is 10.1 Å². The van der Waals surface area contributed by atoms with Gasteiger partial charge in [0.2, 0.25) is 0 Å². The highest BCUT2D eigenvalue weighted by atomic mass is 19.2. The Morgan fingerprint density at radius 1 is 1.09 bits per heavy atom. The third-order valence-electron chi connectivity index (χ3n) is 2.90. The van der Waals surface area contributed by atoms with Crippen molar-refractivity contribution in [2.24, 2.45) is 0 Å². The number of rotatable bonds is 4. The lowest BCUT2D eigenvalue weighted by atomic mass is 10.1. The molecule has 7 heteroatoms. The standard InChI is InChI=1S/C15H10F3NO3/c1-22-11-5-4-10(14(8-11)19(20)21)3-2-9-6-12(16)15(18)13(17)7-9/h2-8H,1H3/b3-2-. The van der Waals surface area contributed by atoms with Crippen LogP contribution in [0.4, 0.5) is 18.9 Å². The van der Waals surface area contributed by atoms with Crippen molar-refractivity contribution < 1.29 is 22.8 Å². The van der Waals surface area contributed by atoms with Crippen LogP contribution >= 0.6 is 0 Å². The zero-order valence-electron chi connectivity index (χ0n) is 11.3. The van der Waals surface area contributed by atoms with Crippen LogP contribution in [-0.2, 0) is 0 Å². The lowest BCUT2D eigenvalue weighted by molar-refractivity contribution is -0.385. The molecule has 0 saturated heterocycles. The van der Waals surface area contributed by atoms with E-state index < -0.39 is 22.4 Å². The Morgan fingerprint density at radius 3 is 2.27 bits per heavy atom. The van der Waals surface area contributed by atoms with Crippen LogP contribution in [0.5, 0.6) is 5.75 Å². The lowest BCUT2D eigenvalue weighted by Crippen LogP contribution is -1.93. The van der Waals surface area contributed by atoms with Crippen LogP contribution in [0.2, 0.25) is 0 Å². The average molecular weight is 309 g/mol. The molecule has 0 aliphatic carbocycles. The molecule has 0 saturated carbocycles. The number of nitrogens with zero attached hydrogens (tertiary/aromatic N) is 1. The third kappa shape index (κ3) is 3.25. The fourth-order valence-corrected chi connectivity index (χ4v) is 1.81. The fourth-order valence-electron chi connectivity index (χ4n) is 1.81. The minimum Gasteiger partial charge on any atom is -0.497 e. The Kier molecular flexibility index (Phi) is 4.45. The average Bonchev–Trinajstić information content (AvgIpc) is 2.50. The largest absolute Gasteiger partial charge is 0.497 e. The summed E-state index contributed by atoms with van der Waals surface area (Å²) in [5.74, 6) is -3.91. The van der Waals surface area contributed by atoms with Gasteiger partial charge in [0.1, 0.15) is 5.75 Å². The van der Waals surface area contributed by atoms with Crippen molar-refractivity contribution in [3.05, 3.63) is 69.0 Å². The van der Waals surface area contributed by atoms with Crippen molar-refractivity contribution in [3.8, 4) is 5.75 Å². The number of methoxy groups -OCH3 is 1. The number of nitro benzene ring substituents is 1. The number of ether oxygens (including phenoxy) is 1. The van der Waals surface area contributed by atoms with Crippen molar-refractivity contribution >= 4 is 17.8 Å². The van der Waals surface area contributed by atoms with E-state index in [0.717, 1.165) is 12.1 Å². The van der Waals surface area contributed by atoms with E-state index in [-0.39, 0.29) is 16.8 Å². The summed E-state index contributed by atoms with van der Waals surface area (Å²) in [6, 6.07) is 5.77. The Hall–Kier alpha value is -2.83. The molecule has 0 N–H and O–H groups in total. The van der Waals surface area contributed by atoms with Crippen LogP contribution < -0.4 is 4.74 Å². The van der Waals surface area contributed by atoms with E-state index in [1.165, 1.54) is 37.5 Å².